The summed E-state index contributed by atoms with van der Waals surface area (Å²) in [5.41, 5.74) is 1.31. The van der Waals surface area contributed by atoms with Crippen LogP contribution in [-0.2, 0) is 4.79 Å². The molecule has 2 aromatic heterocycles. The maximum Gasteiger partial charge on any atom is 0.272 e. The van der Waals surface area contributed by atoms with Crippen LogP contribution in [0.3, 0.4) is 0 Å². The van der Waals surface area contributed by atoms with Crippen LogP contribution in [-0.4, -0.2) is 34.3 Å². The minimum Gasteiger partial charge on any atom is -0.355 e. The number of hydrogen-bond donors (Lipinski definition) is 2. The van der Waals surface area contributed by atoms with E-state index in [0.29, 0.717) is 24.7 Å². The molecule has 2 N–H and O–H groups in total. The zero-order valence-electron chi connectivity index (χ0n) is 14.0. The van der Waals surface area contributed by atoms with Gasteiger partial charge in [-0.05, 0) is 25.0 Å². The molecule has 2 aromatic rings. The molecule has 2 amide bonds. The smallest absolute Gasteiger partial charge is 0.272 e. The normalized spacial score (nSPS) is 15.4. The Morgan fingerprint density at radius 2 is 1.92 bits per heavy atom. The number of carbonyl (C=O) groups is 2. The third kappa shape index (κ3) is 3.58. The van der Waals surface area contributed by atoms with Crippen molar-refractivity contribution in [2.24, 2.45) is 0 Å². The minimum atomic E-state index is -0.189. The molecule has 1 aliphatic rings. The lowest BCUT2D eigenvalue weighted by Crippen LogP contribution is -2.33. The van der Waals surface area contributed by atoms with Gasteiger partial charge in [0.15, 0.2) is 5.69 Å². The van der Waals surface area contributed by atoms with E-state index in [1.54, 1.807) is 0 Å². The molecule has 0 radical (unpaired) electrons. The molecule has 1 saturated carbocycles. The molecule has 6 heteroatoms. The van der Waals surface area contributed by atoms with Crippen LogP contribution in [0, 0.1) is 0 Å². The Balaban J connectivity index is 1.80. The number of aromatic nitrogens is 2. The fourth-order valence-electron chi connectivity index (χ4n) is 3.38. The summed E-state index contributed by atoms with van der Waals surface area (Å²) in [7, 11) is 0. The molecular weight excluding hydrogens is 304 g/mol. The van der Waals surface area contributed by atoms with Gasteiger partial charge >= 0.3 is 0 Å². The second-order valence-corrected chi connectivity index (χ2v) is 6.35. The quantitative estimate of drug-likeness (QED) is 0.827. The molecule has 0 spiro atoms. The maximum atomic E-state index is 12.5. The number of rotatable bonds is 5. The number of nitrogens with one attached hydrogen (secondary N) is 2. The first-order chi connectivity index (χ1) is 11.7. The third-order valence-electron chi connectivity index (χ3n) is 4.55. The molecule has 24 heavy (non-hydrogen) atoms. The third-order valence-corrected chi connectivity index (χ3v) is 4.55. The van der Waals surface area contributed by atoms with Crippen molar-refractivity contribution in [1.29, 1.82) is 0 Å². The van der Waals surface area contributed by atoms with Gasteiger partial charge in [0, 0.05) is 32.1 Å². The Labute approximate surface area is 141 Å². The van der Waals surface area contributed by atoms with Crippen molar-refractivity contribution in [3.8, 4) is 0 Å². The van der Waals surface area contributed by atoms with Crippen LogP contribution in [0.5, 0.6) is 0 Å². The second kappa shape index (κ2) is 7.47. The molecule has 0 unspecified atom stereocenters. The SMILES string of the molecule is CC(=O)NCCNC(=O)c1nc(C2CCCCC2)n2ccccc12. The van der Waals surface area contributed by atoms with Crippen molar-refractivity contribution in [3.05, 3.63) is 35.9 Å². The summed E-state index contributed by atoms with van der Waals surface area (Å²) >= 11 is 0. The van der Waals surface area contributed by atoms with Gasteiger partial charge in [-0.2, -0.15) is 0 Å². The maximum absolute atomic E-state index is 12.5. The highest BCUT2D eigenvalue weighted by Crippen LogP contribution is 2.33. The first kappa shape index (κ1) is 16.5. The molecule has 0 saturated heterocycles. The second-order valence-electron chi connectivity index (χ2n) is 6.35. The van der Waals surface area contributed by atoms with Crippen molar-refractivity contribution in [2.45, 2.75) is 44.9 Å². The number of carbonyl (C=O) groups excluding carboxylic acids is 2. The van der Waals surface area contributed by atoms with Gasteiger partial charge in [0.05, 0.1) is 5.52 Å². The van der Waals surface area contributed by atoms with Crippen LogP contribution in [0.25, 0.3) is 5.52 Å². The van der Waals surface area contributed by atoms with E-state index in [1.165, 1.54) is 26.2 Å². The highest BCUT2D eigenvalue weighted by Gasteiger charge is 2.24. The van der Waals surface area contributed by atoms with Crippen LogP contribution in [0.1, 0.15) is 61.3 Å². The van der Waals surface area contributed by atoms with Crippen LogP contribution in [0.15, 0.2) is 24.4 Å². The molecule has 1 aliphatic carbocycles. The van der Waals surface area contributed by atoms with Crippen LogP contribution >= 0.6 is 0 Å². The van der Waals surface area contributed by atoms with Crippen molar-refractivity contribution in [3.63, 3.8) is 0 Å². The van der Waals surface area contributed by atoms with E-state index in [9.17, 15) is 9.59 Å². The average molecular weight is 328 g/mol. The van der Waals surface area contributed by atoms with E-state index in [4.69, 9.17) is 4.98 Å². The van der Waals surface area contributed by atoms with Gasteiger partial charge in [-0.15, -0.1) is 0 Å². The largest absolute Gasteiger partial charge is 0.355 e. The number of imidazole rings is 1. The van der Waals surface area contributed by atoms with Gasteiger partial charge in [0.25, 0.3) is 5.91 Å². The topological polar surface area (TPSA) is 75.5 Å². The van der Waals surface area contributed by atoms with Crippen molar-refractivity contribution in [2.75, 3.05) is 13.1 Å². The molecule has 128 valence electrons. The van der Waals surface area contributed by atoms with Gasteiger partial charge in [-0.3, -0.25) is 9.59 Å². The van der Waals surface area contributed by atoms with E-state index in [0.717, 1.165) is 24.2 Å². The number of amides is 2. The lowest BCUT2D eigenvalue weighted by atomic mass is 9.89. The summed E-state index contributed by atoms with van der Waals surface area (Å²) in [6.45, 7) is 2.27. The lowest BCUT2D eigenvalue weighted by molar-refractivity contribution is -0.118. The Morgan fingerprint density at radius 3 is 2.67 bits per heavy atom. The van der Waals surface area contributed by atoms with E-state index in [-0.39, 0.29) is 11.8 Å². The zero-order valence-corrected chi connectivity index (χ0v) is 14.0. The van der Waals surface area contributed by atoms with E-state index in [2.05, 4.69) is 15.0 Å². The van der Waals surface area contributed by atoms with Crippen LogP contribution in [0.2, 0.25) is 0 Å². The summed E-state index contributed by atoms with van der Waals surface area (Å²) in [6.07, 6.45) is 8.00. The van der Waals surface area contributed by atoms with Gasteiger partial charge in [0.2, 0.25) is 5.91 Å². The highest BCUT2D eigenvalue weighted by atomic mass is 16.2. The van der Waals surface area contributed by atoms with Gasteiger partial charge in [-0.25, -0.2) is 4.98 Å². The molecule has 6 nitrogen and oxygen atoms in total. The molecule has 0 aromatic carbocycles. The average Bonchev–Trinajstić information content (AvgIpc) is 2.99. The lowest BCUT2D eigenvalue weighted by Gasteiger charge is -2.20. The van der Waals surface area contributed by atoms with E-state index >= 15 is 0 Å². The number of pyridine rings is 1. The van der Waals surface area contributed by atoms with E-state index in [1.807, 2.05) is 24.4 Å². The molecule has 2 heterocycles. The standard InChI is InChI=1S/C18H24N4O2/c1-13(23)19-10-11-20-18(24)16-15-9-5-6-12-22(15)17(21-16)14-7-3-2-4-8-14/h5-6,9,12,14H,2-4,7-8,10-11H2,1H3,(H,19,23)(H,20,24). The van der Waals surface area contributed by atoms with E-state index < -0.39 is 0 Å². The van der Waals surface area contributed by atoms with Gasteiger partial charge in [0.1, 0.15) is 5.82 Å². The Bertz CT molecular complexity index is 732. The van der Waals surface area contributed by atoms with Crippen molar-refractivity contribution in [1.82, 2.24) is 20.0 Å². The summed E-state index contributed by atoms with van der Waals surface area (Å²) in [5, 5.41) is 5.50. The Kier molecular flexibility index (Phi) is 5.13. The van der Waals surface area contributed by atoms with Crippen LogP contribution < -0.4 is 10.6 Å². The monoisotopic (exact) mass is 328 g/mol. The zero-order chi connectivity index (χ0) is 16.9. The number of hydrogen-bond acceptors (Lipinski definition) is 3. The molecular formula is C18H24N4O2. The van der Waals surface area contributed by atoms with Crippen molar-refractivity contribution >= 4 is 17.3 Å². The molecule has 1 fully saturated rings. The summed E-state index contributed by atoms with van der Waals surface area (Å²) < 4.78 is 2.05. The summed E-state index contributed by atoms with van der Waals surface area (Å²) in [6, 6.07) is 5.83. The Morgan fingerprint density at radius 1 is 1.17 bits per heavy atom. The highest BCUT2D eigenvalue weighted by molar-refractivity contribution is 5.99. The minimum absolute atomic E-state index is 0.101. The molecule has 0 atom stereocenters. The fraction of sp³-hybridized carbons (Fsp3) is 0.500. The summed E-state index contributed by atoms with van der Waals surface area (Å²) in [4.78, 5) is 28.1. The summed E-state index contributed by atoms with van der Waals surface area (Å²) in [5.74, 6) is 1.13. The first-order valence-electron chi connectivity index (χ1n) is 8.66. The molecule has 0 bridgehead atoms. The van der Waals surface area contributed by atoms with Crippen molar-refractivity contribution < 1.29 is 9.59 Å². The van der Waals surface area contributed by atoms with Crippen LogP contribution in [0.4, 0.5) is 0 Å². The number of nitrogens with zero attached hydrogens (tertiary/aromatic N) is 2. The first-order valence-corrected chi connectivity index (χ1v) is 8.66. The van der Waals surface area contributed by atoms with Gasteiger partial charge in [-0.1, -0.05) is 25.3 Å². The Hall–Kier alpha value is -2.37. The van der Waals surface area contributed by atoms with Gasteiger partial charge < -0.3 is 15.0 Å². The predicted octanol–water partition coefficient (Wildman–Crippen LogP) is 2.25. The molecule has 3 rings (SSSR count). The number of fused-ring (bicyclic) bond motifs is 1. The molecule has 0 aliphatic heterocycles. The fourth-order valence-corrected chi connectivity index (χ4v) is 3.38. The predicted molar refractivity (Wildman–Crippen MR) is 92.0 cm³/mol.